The molecule has 0 bridgehead atoms. The van der Waals surface area contributed by atoms with E-state index in [9.17, 15) is 8.78 Å². The summed E-state index contributed by atoms with van der Waals surface area (Å²) in [6.45, 7) is 2.52. The van der Waals surface area contributed by atoms with Crippen LogP contribution in [0.3, 0.4) is 0 Å². The van der Waals surface area contributed by atoms with Crippen LogP contribution in [0.2, 0.25) is 4.34 Å². The quantitative estimate of drug-likeness (QED) is 0.755. The van der Waals surface area contributed by atoms with Crippen LogP contribution in [0.15, 0.2) is 28.7 Å². The number of hydrogen-bond donors (Lipinski definition) is 1. The normalized spacial score (nSPS) is 12.7. The van der Waals surface area contributed by atoms with Gasteiger partial charge in [-0.15, -0.1) is 11.3 Å². The Morgan fingerprint density at radius 2 is 2.00 bits per heavy atom. The SMILES string of the molecule is CC(Cc1c(F)cccc1F)NCc1cc(Br)c(Cl)s1. The molecule has 1 aromatic heterocycles. The van der Waals surface area contributed by atoms with Crippen LogP contribution in [0.4, 0.5) is 8.78 Å². The van der Waals surface area contributed by atoms with Crippen molar-refractivity contribution in [3.63, 3.8) is 0 Å². The molecule has 0 aliphatic carbocycles. The van der Waals surface area contributed by atoms with Gasteiger partial charge in [0.1, 0.15) is 16.0 Å². The molecule has 0 aliphatic heterocycles. The summed E-state index contributed by atoms with van der Waals surface area (Å²) in [6.07, 6.45) is 0.304. The van der Waals surface area contributed by atoms with E-state index in [0.717, 1.165) is 9.35 Å². The van der Waals surface area contributed by atoms with Gasteiger partial charge in [-0.25, -0.2) is 8.78 Å². The molecule has 0 saturated heterocycles. The van der Waals surface area contributed by atoms with Crippen molar-refractivity contribution in [1.82, 2.24) is 5.32 Å². The highest BCUT2D eigenvalue weighted by molar-refractivity contribution is 9.10. The lowest BCUT2D eigenvalue weighted by atomic mass is 10.1. The van der Waals surface area contributed by atoms with E-state index in [1.54, 1.807) is 0 Å². The van der Waals surface area contributed by atoms with E-state index in [0.29, 0.717) is 17.3 Å². The van der Waals surface area contributed by atoms with Crippen molar-refractivity contribution >= 4 is 38.9 Å². The Morgan fingerprint density at radius 3 is 2.55 bits per heavy atom. The van der Waals surface area contributed by atoms with Gasteiger partial charge in [0, 0.05) is 27.5 Å². The third kappa shape index (κ3) is 4.01. The largest absolute Gasteiger partial charge is 0.309 e. The fraction of sp³-hybridized carbons (Fsp3) is 0.286. The molecular weight excluding hydrogens is 368 g/mol. The van der Waals surface area contributed by atoms with Crippen molar-refractivity contribution in [3.8, 4) is 0 Å². The van der Waals surface area contributed by atoms with E-state index in [1.165, 1.54) is 29.5 Å². The van der Waals surface area contributed by atoms with Crippen molar-refractivity contribution in [3.05, 3.63) is 55.1 Å². The first-order chi connectivity index (χ1) is 9.47. The van der Waals surface area contributed by atoms with E-state index in [4.69, 9.17) is 11.6 Å². The highest BCUT2D eigenvalue weighted by Crippen LogP contribution is 2.31. The summed E-state index contributed by atoms with van der Waals surface area (Å²) in [6, 6.07) is 5.83. The number of hydrogen-bond acceptors (Lipinski definition) is 2. The van der Waals surface area contributed by atoms with Gasteiger partial charge in [0.25, 0.3) is 0 Å². The number of benzene rings is 1. The Hall–Kier alpha value is -0.490. The van der Waals surface area contributed by atoms with Crippen LogP contribution in [0.1, 0.15) is 17.4 Å². The maximum absolute atomic E-state index is 13.5. The molecule has 0 spiro atoms. The predicted molar refractivity (Wildman–Crippen MR) is 83.4 cm³/mol. The second-order valence-corrected chi connectivity index (χ2v) is 7.11. The van der Waals surface area contributed by atoms with E-state index in [2.05, 4.69) is 21.2 Å². The molecule has 0 fully saturated rings. The number of thiophene rings is 1. The zero-order chi connectivity index (χ0) is 14.7. The van der Waals surface area contributed by atoms with Gasteiger partial charge in [-0.1, -0.05) is 17.7 Å². The molecule has 1 nitrogen and oxygen atoms in total. The van der Waals surface area contributed by atoms with Gasteiger partial charge in [-0.3, -0.25) is 0 Å². The van der Waals surface area contributed by atoms with Crippen molar-refractivity contribution in [2.24, 2.45) is 0 Å². The summed E-state index contributed by atoms with van der Waals surface area (Å²) in [7, 11) is 0. The van der Waals surface area contributed by atoms with E-state index in [-0.39, 0.29) is 11.6 Å². The van der Waals surface area contributed by atoms with Gasteiger partial charge in [-0.05, 0) is 47.5 Å². The minimum atomic E-state index is -0.499. The van der Waals surface area contributed by atoms with Crippen molar-refractivity contribution in [2.75, 3.05) is 0 Å². The average Bonchev–Trinajstić information content (AvgIpc) is 2.71. The van der Waals surface area contributed by atoms with Crippen LogP contribution in [-0.4, -0.2) is 6.04 Å². The molecule has 2 aromatic rings. The van der Waals surface area contributed by atoms with Gasteiger partial charge in [0.15, 0.2) is 0 Å². The molecular formula is C14H13BrClF2NS. The molecule has 1 atom stereocenters. The molecule has 6 heteroatoms. The minimum absolute atomic E-state index is 0.0407. The maximum atomic E-state index is 13.5. The molecule has 1 unspecified atom stereocenters. The van der Waals surface area contributed by atoms with E-state index in [1.807, 2.05) is 13.0 Å². The van der Waals surface area contributed by atoms with E-state index >= 15 is 0 Å². The first-order valence-electron chi connectivity index (χ1n) is 6.07. The fourth-order valence-corrected chi connectivity index (χ4v) is 3.60. The fourth-order valence-electron chi connectivity index (χ4n) is 1.86. The van der Waals surface area contributed by atoms with Crippen LogP contribution in [0.5, 0.6) is 0 Å². The summed E-state index contributed by atoms with van der Waals surface area (Å²) in [4.78, 5) is 1.07. The minimum Gasteiger partial charge on any atom is -0.309 e. The van der Waals surface area contributed by atoms with Gasteiger partial charge >= 0.3 is 0 Å². The van der Waals surface area contributed by atoms with Crippen LogP contribution >= 0.6 is 38.9 Å². The smallest absolute Gasteiger partial charge is 0.129 e. The van der Waals surface area contributed by atoms with Crippen LogP contribution in [0, 0.1) is 11.6 Å². The molecule has 1 heterocycles. The summed E-state index contributed by atoms with van der Waals surface area (Å²) in [5, 5.41) is 3.24. The monoisotopic (exact) mass is 379 g/mol. The maximum Gasteiger partial charge on any atom is 0.129 e. The lowest BCUT2D eigenvalue weighted by Gasteiger charge is -2.14. The van der Waals surface area contributed by atoms with Gasteiger partial charge < -0.3 is 5.32 Å². The van der Waals surface area contributed by atoms with Crippen LogP contribution in [-0.2, 0) is 13.0 Å². The Kier molecular flexibility index (Phi) is 5.55. The first kappa shape index (κ1) is 15.9. The summed E-state index contributed by atoms with van der Waals surface area (Å²) in [5.41, 5.74) is 0.123. The Labute approximate surface area is 134 Å². The van der Waals surface area contributed by atoms with Crippen LogP contribution in [0.25, 0.3) is 0 Å². The van der Waals surface area contributed by atoms with Crippen molar-refractivity contribution in [1.29, 1.82) is 0 Å². The zero-order valence-corrected chi connectivity index (χ0v) is 13.9. The second-order valence-electron chi connectivity index (χ2n) is 4.52. The summed E-state index contributed by atoms with van der Waals surface area (Å²) >= 11 is 10.8. The molecule has 1 N–H and O–H groups in total. The molecule has 108 valence electrons. The van der Waals surface area contributed by atoms with E-state index < -0.39 is 11.6 Å². The Balaban J connectivity index is 1.94. The molecule has 2 rings (SSSR count). The molecule has 0 radical (unpaired) electrons. The number of nitrogens with one attached hydrogen (secondary N) is 1. The summed E-state index contributed by atoms with van der Waals surface area (Å²) in [5.74, 6) is -0.999. The van der Waals surface area contributed by atoms with Gasteiger partial charge in [0.05, 0.1) is 0 Å². The second kappa shape index (κ2) is 6.98. The third-order valence-corrected chi connectivity index (χ3v) is 5.37. The lowest BCUT2D eigenvalue weighted by Crippen LogP contribution is -2.28. The third-order valence-electron chi connectivity index (χ3n) is 2.89. The molecule has 0 amide bonds. The van der Waals surface area contributed by atoms with Gasteiger partial charge in [0.2, 0.25) is 0 Å². The Bertz CT molecular complexity index is 563. The standard InChI is InChI=1S/C14H13BrClF2NS/c1-8(5-10-12(17)3-2-4-13(10)18)19-7-9-6-11(15)14(16)20-9/h2-4,6,8,19H,5,7H2,1H3. The highest BCUT2D eigenvalue weighted by atomic mass is 79.9. The van der Waals surface area contributed by atoms with Gasteiger partial charge in [-0.2, -0.15) is 0 Å². The molecule has 1 aromatic carbocycles. The lowest BCUT2D eigenvalue weighted by molar-refractivity contribution is 0.501. The summed E-state index contributed by atoms with van der Waals surface area (Å²) < 4.78 is 28.7. The zero-order valence-electron chi connectivity index (χ0n) is 10.7. The first-order valence-corrected chi connectivity index (χ1v) is 8.06. The average molecular weight is 381 g/mol. The highest BCUT2D eigenvalue weighted by Gasteiger charge is 2.13. The topological polar surface area (TPSA) is 12.0 Å². The predicted octanol–water partition coefficient (Wildman–Crippen LogP) is 5.16. The number of rotatable bonds is 5. The number of halogens is 4. The van der Waals surface area contributed by atoms with Crippen molar-refractivity contribution in [2.45, 2.75) is 25.9 Å². The Morgan fingerprint density at radius 1 is 1.35 bits per heavy atom. The molecule has 0 aliphatic rings. The van der Waals surface area contributed by atoms with Crippen LogP contribution < -0.4 is 5.32 Å². The molecule has 20 heavy (non-hydrogen) atoms. The van der Waals surface area contributed by atoms with Crippen molar-refractivity contribution < 1.29 is 8.78 Å². The molecule has 0 saturated carbocycles.